The highest BCUT2D eigenvalue weighted by atomic mass is 16.6. The van der Waals surface area contributed by atoms with Crippen LogP contribution >= 0.6 is 0 Å². The first kappa shape index (κ1) is 14.9. The van der Waals surface area contributed by atoms with Gasteiger partial charge in [0, 0.05) is 11.0 Å². The summed E-state index contributed by atoms with van der Waals surface area (Å²) in [4.78, 5) is 23.5. The van der Waals surface area contributed by atoms with E-state index in [-0.39, 0.29) is 12.4 Å². The Balaban J connectivity index is 4.17. The number of nitrogens with one attached hydrogen (secondary N) is 3. The van der Waals surface area contributed by atoms with E-state index in [9.17, 15) is 14.9 Å². The maximum absolute atomic E-state index is 11.0. The number of rotatable bonds is 6. The summed E-state index contributed by atoms with van der Waals surface area (Å²) in [6, 6.07) is 0. The summed E-state index contributed by atoms with van der Waals surface area (Å²) >= 11 is 0. The van der Waals surface area contributed by atoms with Crippen LogP contribution in [0.5, 0.6) is 0 Å². The highest BCUT2D eigenvalue weighted by molar-refractivity contribution is 5.82. The van der Waals surface area contributed by atoms with Crippen molar-refractivity contribution in [2.45, 2.75) is 13.8 Å². The van der Waals surface area contributed by atoms with Gasteiger partial charge in [0.2, 0.25) is 0 Å². The van der Waals surface area contributed by atoms with Crippen molar-refractivity contribution in [2.75, 3.05) is 20.2 Å². The fourth-order valence-corrected chi connectivity index (χ4v) is 0.881. The number of hydrogen-bond donors (Lipinski definition) is 3. The van der Waals surface area contributed by atoms with Crippen molar-refractivity contribution in [3.63, 3.8) is 0 Å². The lowest BCUT2D eigenvalue weighted by atomic mass is 10.4. The highest BCUT2D eigenvalue weighted by Gasteiger charge is 2.12. The number of amidine groups is 1. The molecule has 17 heavy (non-hydrogen) atoms. The van der Waals surface area contributed by atoms with E-state index in [0.29, 0.717) is 12.3 Å². The van der Waals surface area contributed by atoms with E-state index in [4.69, 9.17) is 4.74 Å². The summed E-state index contributed by atoms with van der Waals surface area (Å²) in [6.45, 7) is 3.27. The van der Waals surface area contributed by atoms with Gasteiger partial charge in [-0.1, -0.05) is 0 Å². The zero-order chi connectivity index (χ0) is 13.3. The molecule has 0 amide bonds. The van der Waals surface area contributed by atoms with Crippen molar-refractivity contribution in [3.05, 3.63) is 21.9 Å². The molecule has 8 heteroatoms. The predicted molar refractivity (Wildman–Crippen MR) is 60.4 cm³/mol. The molecular weight excluding hydrogens is 228 g/mol. The van der Waals surface area contributed by atoms with Gasteiger partial charge in [0.25, 0.3) is 0 Å². The number of carbonyl (C=O) groups is 1. The van der Waals surface area contributed by atoms with Crippen LogP contribution < -0.4 is 15.8 Å². The summed E-state index contributed by atoms with van der Waals surface area (Å²) in [7, 11) is 1.55. The molecule has 96 valence electrons. The third-order valence-electron chi connectivity index (χ3n) is 1.62. The average Bonchev–Trinajstić information content (AvgIpc) is 2.23. The molecule has 0 heterocycles. The lowest BCUT2D eigenvalue weighted by Gasteiger charge is -2.03. The summed E-state index contributed by atoms with van der Waals surface area (Å²) in [5.41, 5.74) is 5.71. The lowest BCUT2D eigenvalue weighted by Crippen LogP contribution is -2.74. The standard InChI is InChI=1S/C9H16N4O4/c1-4-17-9(14)5-7(2)11-12-8(10-3)6-13(15)16/h5,11H,4,6H2,1-3H3,(H,10,12)/p+1/b7-5+. The third kappa shape index (κ3) is 7.77. The molecule has 0 rings (SSSR count). The number of hydrogen-bond acceptors (Lipinski definition) is 5. The summed E-state index contributed by atoms with van der Waals surface area (Å²) < 4.78 is 4.70. The van der Waals surface area contributed by atoms with Crippen molar-refractivity contribution in [1.82, 2.24) is 10.9 Å². The van der Waals surface area contributed by atoms with E-state index in [2.05, 4.69) is 15.8 Å². The van der Waals surface area contributed by atoms with Gasteiger partial charge in [0.1, 0.15) is 0 Å². The molecule has 0 spiro atoms. The number of carbonyl (C=O) groups excluding carboxylic acids is 1. The molecular formula is C9H17N4O4+. The number of esters is 1. The summed E-state index contributed by atoms with van der Waals surface area (Å²) in [5.74, 6) is -0.189. The van der Waals surface area contributed by atoms with Crippen LogP contribution in [-0.4, -0.2) is 36.9 Å². The predicted octanol–water partition coefficient (Wildman–Crippen LogP) is -2.07. The van der Waals surface area contributed by atoms with Crippen LogP contribution in [0.3, 0.4) is 0 Å². The minimum Gasteiger partial charge on any atom is -0.463 e. The molecule has 3 N–H and O–H groups in total. The number of nitro groups is 1. The Kier molecular flexibility index (Phi) is 7.07. The largest absolute Gasteiger partial charge is 0.463 e. The summed E-state index contributed by atoms with van der Waals surface area (Å²) in [5, 5.41) is 10.3. The highest BCUT2D eigenvalue weighted by Crippen LogP contribution is 1.87. The maximum Gasteiger partial charge on any atom is 0.338 e. The molecule has 0 saturated carbocycles. The van der Waals surface area contributed by atoms with Gasteiger partial charge in [-0.3, -0.25) is 15.1 Å². The Morgan fingerprint density at radius 3 is 2.65 bits per heavy atom. The van der Waals surface area contributed by atoms with E-state index in [0.717, 1.165) is 0 Å². The SMILES string of the molecule is CCOC(=O)/C=C(\C)NNC(C[N+](=O)[O-])=[NH+]C. The van der Waals surface area contributed by atoms with Gasteiger partial charge >= 0.3 is 18.3 Å². The van der Waals surface area contributed by atoms with E-state index >= 15 is 0 Å². The van der Waals surface area contributed by atoms with Gasteiger partial charge < -0.3 is 4.74 Å². The Hall–Kier alpha value is -2.12. The Labute approximate surface area is 98.9 Å². The van der Waals surface area contributed by atoms with Crippen LogP contribution in [0.4, 0.5) is 0 Å². The quantitative estimate of drug-likeness (QED) is 0.124. The first-order chi connectivity index (χ1) is 7.99. The molecule has 0 atom stereocenters. The van der Waals surface area contributed by atoms with Gasteiger partial charge in [-0.25, -0.2) is 10.2 Å². The molecule has 0 fully saturated rings. The number of allylic oxidation sites excluding steroid dienone is 1. The van der Waals surface area contributed by atoms with E-state index in [1.165, 1.54) is 6.08 Å². The Bertz CT molecular complexity index is 338. The second-order valence-electron chi connectivity index (χ2n) is 3.05. The van der Waals surface area contributed by atoms with Crippen molar-refractivity contribution in [1.29, 1.82) is 0 Å². The van der Waals surface area contributed by atoms with Crippen LogP contribution in [-0.2, 0) is 9.53 Å². The molecule has 0 aliphatic rings. The van der Waals surface area contributed by atoms with Crippen LogP contribution in [0.15, 0.2) is 11.8 Å². The third-order valence-corrected chi connectivity index (χ3v) is 1.62. The van der Waals surface area contributed by atoms with E-state index < -0.39 is 10.9 Å². The molecule has 0 radical (unpaired) electrons. The fourth-order valence-electron chi connectivity index (χ4n) is 0.881. The zero-order valence-corrected chi connectivity index (χ0v) is 10.1. The Morgan fingerprint density at radius 1 is 1.53 bits per heavy atom. The second kappa shape index (κ2) is 8.08. The first-order valence-electron chi connectivity index (χ1n) is 5.02. The molecule has 0 aliphatic carbocycles. The zero-order valence-electron chi connectivity index (χ0n) is 10.1. The molecule has 0 aromatic rings. The molecule has 0 aromatic carbocycles. The van der Waals surface area contributed by atoms with Gasteiger partial charge in [0.05, 0.1) is 19.4 Å². The lowest BCUT2D eigenvalue weighted by molar-refractivity contribution is -0.487. The molecule has 0 aromatic heterocycles. The van der Waals surface area contributed by atoms with Gasteiger partial charge in [-0.2, -0.15) is 5.43 Å². The number of nitrogens with zero attached hydrogens (tertiary/aromatic N) is 1. The number of hydrazine groups is 1. The minimum atomic E-state index is -0.481. The normalized spacial score (nSPS) is 11.9. The topological polar surface area (TPSA) is 107 Å². The molecule has 8 nitrogen and oxygen atoms in total. The van der Waals surface area contributed by atoms with Gasteiger partial charge in [0.15, 0.2) is 0 Å². The summed E-state index contributed by atoms with van der Waals surface area (Å²) in [6.07, 6.45) is 1.25. The van der Waals surface area contributed by atoms with Crippen molar-refractivity contribution in [3.8, 4) is 0 Å². The van der Waals surface area contributed by atoms with Crippen molar-refractivity contribution >= 4 is 11.8 Å². The van der Waals surface area contributed by atoms with Crippen LogP contribution in [0.2, 0.25) is 0 Å². The number of ether oxygens (including phenoxy) is 1. The first-order valence-corrected chi connectivity index (χ1v) is 5.02. The molecule has 0 saturated heterocycles. The van der Waals surface area contributed by atoms with Gasteiger partial charge in [-0.05, 0) is 13.8 Å². The van der Waals surface area contributed by atoms with E-state index in [1.54, 1.807) is 20.9 Å². The fraction of sp³-hybridized carbons (Fsp3) is 0.556. The van der Waals surface area contributed by atoms with Gasteiger partial charge in [-0.15, -0.1) is 0 Å². The monoisotopic (exact) mass is 245 g/mol. The molecule has 0 aliphatic heterocycles. The van der Waals surface area contributed by atoms with Crippen molar-refractivity contribution < 1.29 is 19.4 Å². The second-order valence-corrected chi connectivity index (χ2v) is 3.05. The van der Waals surface area contributed by atoms with Crippen molar-refractivity contribution in [2.24, 2.45) is 0 Å². The van der Waals surface area contributed by atoms with Crippen LogP contribution in [0.25, 0.3) is 0 Å². The molecule has 0 unspecified atom stereocenters. The smallest absolute Gasteiger partial charge is 0.338 e. The molecule has 0 bridgehead atoms. The maximum atomic E-state index is 11.0. The van der Waals surface area contributed by atoms with Crippen LogP contribution in [0, 0.1) is 10.1 Å². The minimum absolute atomic E-state index is 0.284. The van der Waals surface area contributed by atoms with E-state index in [1.807, 2.05) is 0 Å². The average molecular weight is 245 g/mol. The Morgan fingerprint density at radius 2 is 2.18 bits per heavy atom. The van der Waals surface area contributed by atoms with Crippen LogP contribution in [0.1, 0.15) is 13.8 Å².